The highest BCUT2D eigenvalue weighted by Gasteiger charge is 2.45. The van der Waals surface area contributed by atoms with Gasteiger partial charge in [0.2, 0.25) is 0 Å². The summed E-state index contributed by atoms with van der Waals surface area (Å²) in [5.41, 5.74) is 5.70. The van der Waals surface area contributed by atoms with E-state index in [1.807, 2.05) is 36.7 Å². The molecule has 3 aromatic rings. The molecule has 1 N–H and O–H groups in total. The number of nitrogens with zero attached hydrogens (tertiary/aromatic N) is 1. The standard InChI is InChI=1S/C23H22Cl2N2O/c1-28-15-16-4-2-3-5-19(16)20-8-11-26-14-21(20)23(9-10-23)27-13-17-12-18(24)6-7-22(17)25/h2-8,11-12,14,27H,9-10,13,15H2,1H3. The number of methoxy groups -OCH3 is 1. The molecular formula is C23H22Cl2N2O. The van der Waals surface area contributed by atoms with Gasteiger partial charge in [0.1, 0.15) is 0 Å². The van der Waals surface area contributed by atoms with Crippen LogP contribution in [-0.2, 0) is 23.4 Å². The van der Waals surface area contributed by atoms with Crippen LogP contribution < -0.4 is 5.32 Å². The molecule has 0 aliphatic heterocycles. The summed E-state index contributed by atoms with van der Waals surface area (Å²) < 4.78 is 5.40. The van der Waals surface area contributed by atoms with E-state index < -0.39 is 0 Å². The van der Waals surface area contributed by atoms with Gasteiger partial charge in [0.15, 0.2) is 0 Å². The molecule has 0 atom stereocenters. The van der Waals surface area contributed by atoms with Crippen LogP contribution in [0, 0.1) is 0 Å². The SMILES string of the molecule is COCc1ccccc1-c1ccncc1C1(NCc2cc(Cl)ccc2Cl)CC1. The summed E-state index contributed by atoms with van der Waals surface area (Å²) in [5, 5.41) is 5.14. The number of aromatic nitrogens is 1. The van der Waals surface area contributed by atoms with Gasteiger partial charge in [0.25, 0.3) is 0 Å². The molecule has 1 aliphatic carbocycles. The number of hydrogen-bond donors (Lipinski definition) is 1. The minimum atomic E-state index is -0.0879. The zero-order chi connectivity index (χ0) is 19.6. The molecule has 4 rings (SSSR count). The van der Waals surface area contributed by atoms with Gasteiger partial charge in [-0.15, -0.1) is 0 Å². The predicted octanol–water partition coefficient (Wildman–Crippen LogP) is 5.98. The Labute approximate surface area is 175 Å². The van der Waals surface area contributed by atoms with Gasteiger partial charge in [-0.1, -0.05) is 47.5 Å². The zero-order valence-corrected chi connectivity index (χ0v) is 17.2. The van der Waals surface area contributed by atoms with Gasteiger partial charge in [0, 0.05) is 41.6 Å². The number of rotatable bonds is 7. The van der Waals surface area contributed by atoms with E-state index in [4.69, 9.17) is 27.9 Å². The molecule has 1 saturated carbocycles. The quantitative estimate of drug-likeness (QED) is 0.517. The maximum atomic E-state index is 6.35. The Bertz CT molecular complexity index is 986. The van der Waals surface area contributed by atoms with Gasteiger partial charge in [-0.3, -0.25) is 4.98 Å². The van der Waals surface area contributed by atoms with Gasteiger partial charge < -0.3 is 10.1 Å². The number of ether oxygens (including phenoxy) is 1. The normalized spacial score (nSPS) is 14.8. The number of nitrogens with one attached hydrogen (secondary N) is 1. The molecule has 0 amide bonds. The van der Waals surface area contributed by atoms with Gasteiger partial charge in [-0.05, 0) is 64.9 Å². The third-order valence-electron chi connectivity index (χ3n) is 5.32. The second-order valence-corrected chi connectivity index (χ2v) is 8.03. The van der Waals surface area contributed by atoms with Gasteiger partial charge in [-0.25, -0.2) is 0 Å². The molecule has 1 aromatic heterocycles. The molecule has 0 bridgehead atoms. The molecule has 0 unspecified atom stereocenters. The van der Waals surface area contributed by atoms with Gasteiger partial charge in [-0.2, -0.15) is 0 Å². The summed E-state index contributed by atoms with van der Waals surface area (Å²) in [4.78, 5) is 4.42. The van der Waals surface area contributed by atoms with E-state index in [0.717, 1.165) is 23.4 Å². The van der Waals surface area contributed by atoms with Crippen molar-refractivity contribution in [3.63, 3.8) is 0 Å². The van der Waals surface area contributed by atoms with Crippen molar-refractivity contribution in [2.75, 3.05) is 7.11 Å². The average molecular weight is 413 g/mol. The predicted molar refractivity (Wildman–Crippen MR) is 115 cm³/mol. The maximum absolute atomic E-state index is 6.35. The first kappa shape index (κ1) is 19.4. The fraction of sp³-hybridized carbons (Fsp3) is 0.261. The zero-order valence-electron chi connectivity index (χ0n) is 15.7. The summed E-state index contributed by atoms with van der Waals surface area (Å²) in [6, 6.07) is 16.0. The lowest BCUT2D eigenvalue weighted by Gasteiger charge is -2.22. The molecule has 1 aliphatic rings. The molecular weight excluding hydrogens is 391 g/mol. The largest absolute Gasteiger partial charge is 0.380 e. The topological polar surface area (TPSA) is 34.1 Å². The van der Waals surface area contributed by atoms with Crippen molar-refractivity contribution in [1.82, 2.24) is 10.3 Å². The number of halogens is 2. The molecule has 1 heterocycles. The van der Waals surface area contributed by atoms with Crippen LogP contribution in [0.1, 0.15) is 29.5 Å². The lowest BCUT2D eigenvalue weighted by atomic mass is 9.92. The van der Waals surface area contributed by atoms with Gasteiger partial charge >= 0.3 is 0 Å². The van der Waals surface area contributed by atoms with Crippen LogP contribution in [-0.4, -0.2) is 12.1 Å². The molecule has 144 valence electrons. The van der Waals surface area contributed by atoms with Crippen LogP contribution >= 0.6 is 23.2 Å². The van der Waals surface area contributed by atoms with Crippen molar-refractivity contribution in [3.05, 3.63) is 87.7 Å². The minimum absolute atomic E-state index is 0.0879. The Morgan fingerprint density at radius 1 is 1.04 bits per heavy atom. The molecule has 5 heteroatoms. The first-order chi connectivity index (χ1) is 13.6. The van der Waals surface area contributed by atoms with Crippen molar-refractivity contribution in [2.24, 2.45) is 0 Å². The Morgan fingerprint density at radius 3 is 2.64 bits per heavy atom. The van der Waals surface area contributed by atoms with Crippen LogP contribution in [0.25, 0.3) is 11.1 Å². The van der Waals surface area contributed by atoms with E-state index in [-0.39, 0.29) is 5.54 Å². The summed E-state index contributed by atoms with van der Waals surface area (Å²) in [5.74, 6) is 0. The highest BCUT2D eigenvalue weighted by Crippen LogP contribution is 2.49. The first-order valence-corrected chi connectivity index (χ1v) is 10.1. The third kappa shape index (κ3) is 3.94. The molecule has 2 aromatic carbocycles. The van der Waals surface area contributed by atoms with E-state index in [0.29, 0.717) is 18.2 Å². The fourth-order valence-electron chi connectivity index (χ4n) is 3.68. The highest BCUT2D eigenvalue weighted by molar-refractivity contribution is 6.33. The molecule has 0 radical (unpaired) electrons. The lowest BCUT2D eigenvalue weighted by molar-refractivity contribution is 0.185. The Balaban J connectivity index is 1.66. The highest BCUT2D eigenvalue weighted by atomic mass is 35.5. The second-order valence-electron chi connectivity index (χ2n) is 7.18. The Kier molecular flexibility index (Phi) is 5.70. The second kappa shape index (κ2) is 8.22. The summed E-state index contributed by atoms with van der Waals surface area (Å²) in [6.07, 6.45) is 5.97. The number of benzene rings is 2. The third-order valence-corrected chi connectivity index (χ3v) is 5.92. The van der Waals surface area contributed by atoms with E-state index >= 15 is 0 Å². The van der Waals surface area contributed by atoms with Crippen molar-refractivity contribution >= 4 is 23.2 Å². The lowest BCUT2D eigenvalue weighted by Crippen LogP contribution is -2.29. The van der Waals surface area contributed by atoms with E-state index in [9.17, 15) is 0 Å². The van der Waals surface area contributed by atoms with E-state index in [2.05, 4.69) is 34.6 Å². The Hall–Kier alpha value is -1.91. The summed E-state index contributed by atoms with van der Waals surface area (Å²) in [6.45, 7) is 1.24. The number of hydrogen-bond acceptors (Lipinski definition) is 3. The van der Waals surface area contributed by atoms with Crippen molar-refractivity contribution in [3.8, 4) is 11.1 Å². The van der Waals surface area contributed by atoms with Crippen LogP contribution in [0.15, 0.2) is 60.9 Å². The van der Waals surface area contributed by atoms with Crippen LogP contribution in [0.3, 0.4) is 0 Å². The summed E-state index contributed by atoms with van der Waals surface area (Å²) in [7, 11) is 1.73. The fourth-order valence-corrected chi connectivity index (χ4v) is 4.06. The summed E-state index contributed by atoms with van der Waals surface area (Å²) >= 11 is 12.5. The number of pyridine rings is 1. The van der Waals surface area contributed by atoms with Gasteiger partial charge in [0.05, 0.1) is 6.61 Å². The minimum Gasteiger partial charge on any atom is -0.380 e. The molecule has 3 nitrogen and oxygen atoms in total. The monoisotopic (exact) mass is 412 g/mol. The van der Waals surface area contributed by atoms with Crippen LogP contribution in [0.5, 0.6) is 0 Å². The molecule has 1 fully saturated rings. The molecule has 0 spiro atoms. The van der Waals surface area contributed by atoms with Crippen molar-refractivity contribution in [1.29, 1.82) is 0 Å². The van der Waals surface area contributed by atoms with Crippen LogP contribution in [0.2, 0.25) is 10.0 Å². The molecule has 28 heavy (non-hydrogen) atoms. The smallest absolute Gasteiger partial charge is 0.0719 e. The first-order valence-electron chi connectivity index (χ1n) is 9.34. The van der Waals surface area contributed by atoms with Crippen molar-refractivity contribution < 1.29 is 4.74 Å². The van der Waals surface area contributed by atoms with E-state index in [1.54, 1.807) is 7.11 Å². The van der Waals surface area contributed by atoms with Crippen molar-refractivity contribution in [2.45, 2.75) is 31.5 Å². The Morgan fingerprint density at radius 2 is 1.86 bits per heavy atom. The van der Waals surface area contributed by atoms with E-state index in [1.165, 1.54) is 22.3 Å². The van der Waals surface area contributed by atoms with Crippen LogP contribution in [0.4, 0.5) is 0 Å². The average Bonchev–Trinajstić information content (AvgIpc) is 3.50. The maximum Gasteiger partial charge on any atom is 0.0719 e. The molecule has 0 saturated heterocycles.